The molecule has 3 rings (SSSR count). The highest BCUT2D eigenvalue weighted by molar-refractivity contribution is 5.82. The standard InChI is InChI=1S/C23H26O3/c1-2-25-23(24)16-15-19-12-8-14-22-21(19)17-20(26-22)13-7-6-11-18-9-4-3-5-10-18/h3-5,8-10,12,14,17H,2,6-7,11,13,15-16H2,1H3. The summed E-state index contributed by atoms with van der Waals surface area (Å²) in [5, 5.41) is 1.12. The van der Waals surface area contributed by atoms with E-state index in [0.717, 1.165) is 48.0 Å². The highest BCUT2D eigenvalue weighted by Gasteiger charge is 2.10. The molecular formula is C23H26O3. The van der Waals surface area contributed by atoms with Gasteiger partial charge in [-0.3, -0.25) is 4.79 Å². The van der Waals surface area contributed by atoms with Gasteiger partial charge in [-0.05, 0) is 55.9 Å². The van der Waals surface area contributed by atoms with Gasteiger partial charge in [0.1, 0.15) is 11.3 Å². The molecule has 0 fully saturated rings. The van der Waals surface area contributed by atoms with Gasteiger partial charge in [0.15, 0.2) is 0 Å². The summed E-state index contributed by atoms with van der Waals surface area (Å²) in [5.74, 6) is 0.880. The molecule has 3 aromatic rings. The van der Waals surface area contributed by atoms with Crippen LogP contribution in [0.2, 0.25) is 0 Å². The summed E-state index contributed by atoms with van der Waals surface area (Å²) in [6, 6.07) is 18.8. The second kappa shape index (κ2) is 9.23. The molecule has 0 aliphatic heterocycles. The van der Waals surface area contributed by atoms with Crippen molar-refractivity contribution >= 4 is 16.9 Å². The second-order valence-electron chi connectivity index (χ2n) is 6.54. The van der Waals surface area contributed by atoms with Gasteiger partial charge < -0.3 is 9.15 Å². The van der Waals surface area contributed by atoms with Gasteiger partial charge in [-0.1, -0.05) is 42.5 Å². The minimum absolute atomic E-state index is 0.144. The van der Waals surface area contributed by atoms with Crippen molar-refractivity contribution in [2.24, 2.45) is 0 Å². The predicted octanol–water partition coefficient (Wildman–Crippen LogP) is 5.49. The fourth-order valence-electron chi connectivity index (χ4n) is 3.26. The maximum atomic E-state index is 11.6. The van der Waals surface area contributed by atoms with E-state index in [9.17, 15) is 4.79 Å². The quantitative estimate of drug-likeness (QED) is 0.378. The molecular weight excluding hydrogens is 324 g/mol. The fraction of sp³-hybridized carbons (Fsp3) is 0.348. The van der Waals surface area contributed by atoms with Crippen molar-refractivity contribution in [3.05, 3.63) is 71.5 Å². The van der Waals surface area contributed by atoms with Crippen LogP contribution in [0.25, 0.3) is 11.0 Å². The number of unbranched alkanes of at least 4 members (excludes halogenated alkanes) is 1. The zero-order valence-electron chi connectivity index (χ0n) is 15.4. The molecule has 3 nitrogen and oxygen atoms in total. The van der Waals surface area contributed by atoms with Gasteiger partial charge in [-0.2, -0.15) is 0 Å². The van der Waals surface area contributed by atoms with Crippen molar-refractivity contribution < 1.29 is 13.9 Å². The van der Waals surface area contributed by atoms with E-state index in [-0.39, 0.29) is 5.97 Å². The van der Waals surface area contributed by atoms with Crippen LogP contribution in [0, 0.1) is 0 Å². The van der Waals surface area contributed by atoms with E-state index >= 15 is 0 Å². The first-order valence-corrected chi connectivity index (χ1v) is 9.46. The molecule has 0 spiro atoms. The van der Waals surface area contributed by atoms with Crippen LogP contribution in [0.3, 0.4) is 0 Å². The predicted molar refractivity (Wildman–Crippen MR) is 104 cm³/mol. The molecule has 0 N–H and O–H groups in total. The van der Waals surface area contributed by atoms with E-state index in [1.807, 2.05) is 19.1 Å². The first kappa shape index (κ1) is 18.2. The maximum Gasteiger partial charge on any atom is 0.306 e. The first-order chi connectivity index (χ1) is 12.8. The largest absolute Gasteiger partial charge is 0.466 e. The number of hydrogen-bond acceptors (Lipinski definition) is 3. The average Bonchev–Trinajstić information content (AvgIpc) is 3.08. The molecule has 0 amide bonds. The van der Waals surface area contributed by atoms with Crippen LogP contribution in [-0.2, 0) is 28.8 Å². The van der Waals surface area contributed by atoms with Crippen LogP contribution in [0.5, 0.6) is 0 Å². The van der Waals surface area contributed by atoms with Gasteiger partial charge in [0.2, 0.25) is 0 Å². The van der Waals surface area contributed by atoms with Crippen LogP contribution in [0.4, 0.5) is 0 Å². The second-order valence-corrected chi connectivity index (χ2v) is 6.54. The van der Waals surface area contributed by atoms with Crippen molar-refractivity contribution in [2.75, 3.05) is 6.61 Å². The third-order valence-electron chi connectivity index (χ3n) is 4.59. The molecule has 0 atom stereocenters. The molecule has 2 aromatic carbocycles. The number of rotatable bonds is 9. The van der Waals surface area contributed by atoms with Crippen LogP contribution in [-0.4, -0.2) is 12.6 Å². The van der Waals surface area contributed by atoms with Crippen molar-refractivity contribution in [2.45, 2.75) is 45.4 Å². The number of benzene rings is 2. The SMILES string of the molecule is CCOC(=O)CCc1cccc2oc(CCCCc3ccccc3)cc12. The molecule has 0 saturated heterocycles. The Balaban J connectivity index is 1.56. The third-order valence-corrected chi connectivity index (χ3v) is 4.59. The van der Waals surface area contributed by atoms with Gasteiger partial charge >= 0.3 is 5.97 Å². The number of carbonyl (C=O) groups is 1. The lowest BCUT2D eigenvalue weighted by atomic mass is 10.0. The topological polar surface area (TPSA) is 39.4 Å². The highest BCUT2D eigenvalue weighted by Crippen LogP contribution is 2.25. The fourth-order valence-corrected chi connectivity index (χ4v) is 3.26. The van der Waals surface area contributed by atoms with Crippen molar-refractivity contribution in [3.8, 4) is 0 Å². The van der Waals surface area contributed by atoms with Crippen LogP contribution in [0.15, 0.2) is 59.0 Å². The molecule has 0 aliphatic carbocycles. The number of ether oxygens (including phenoxy) is 1. The number of aryl methyl sites for hydroxylation is 3. The van der Waals surface area contributed by atoms with Gasteiger partial charge in [0, 0.05) is 18.2 Å². The van der Waals surface area contributed by atoms with Crippen LogP contribution < -0.4 is 0 Å². The van der Waals surface area contributed by atoms with Gasteiger partial charge in [0.25, 0.3) is 0 Å². The first-order valence-electron chi connectivity index (χ1n) is 9.46. The Morgan fingerprint density at radius 3 is 2.58 bits per heavy atom. The lowest BCUT2D eigenvalue weighted by Gasteiger charge is -2.03. The molecule has 0 aliphatic rings. The molecule has 136 valence electrons. The van der Waals surface area contributed by atoms with Gasteiger partial charge in [-0.25, -0.2) is 0 Å². The molecule has 3 heteroatoms. The zero-order valence-corrected chi connectivity index (χ0v) is 15.4. The number of carbonyl (C=O) groups excluding carboxylic acids is 1. The van der Waals surface area contributed by atoms with Crippen molar-refractivity contribution in [3.63, 3.8) is 0 Å². The van der Waals surface area contributed by atoms with E-state index in [2.05, 4.69) is 42.5 Å². The summed E-state index contributed by atoms with van der Waals surface area (Å²) in [6.07, 6.45) is 5.39. The van der Waals surface area contributed by atoms with Crippen molar-refractivity contribution in [1.82, 2.24) is 0 Å². The molecule has 1 heterocycles. The Kier molecular flexibility index (Phi) is 6.48. The lowest BCUT2D eigenvalue weighted by molar-refractivity contribution is -0.143. The maximum absolute atomic E-state index is 11.6. The summed E-state index contributed by atoms with van der Waals surface area (Å²) in [5.41, 5.74) is 3.44. The third kappa shape index (κ3) is 4.98. The van der Waals surface area contributed by atoms with E-state index in [0.29, 0.717) is 19.4 Å². The lowest BCUT2D eigenvalue weighted by Crippen LogP contribution is -2.05. The molecule has 1 aromatic heterocycles. The molecule has 0 unspecified atom stereocenters. The Bertz CT molecular complexity index is 833. The number of esters is 1. The summed E-state index contributed by atoms with van der Waals surface area (Å²) in [7, 11) is 0. The minimum atomic E-state index is -0.144. The molecule has 0 radical (unpaired) electrons. The summed E-state index contributed by atoms with van der Waals surface area (Å²) in [6.45, 7) is 2.26. The van der Waals surface area contributed by atoms with E-state index < -0.39 is 0 Å². The monoisotopic (exact) mass is 350 g/mol. The Labute approximate surface area is 155 Å². The van der Waals surface area contributed by atoms with Crippen LogP contribution >= 0.6 is 0 Å². The Morgan fingerprint density at radius 2 is 1.77 bits per heavy atom. The smallest absolute Gasteiger partial charge is 0.306 e. The Morgan fingerprint density at radius 1 is 0.962 bits per heavy atom. The number of hydrogen-bond donors (Lipinski definition) is 0. The number of fused-ring (bicyclic) bond motifs is 1. The highest BCUT2D eigenvalue weighted by atomic mass is 16.5. The van der Waals surface area contributed by atoms with Gasteiger partial charge in [0.05, 0.1) is 6.61 Å². The van der Waals surface area contributed by atoms with E-state index in [4.69, 9.17) is 9.15 Å². The van der Waals surface area contributed by atoms with E-state index in [1.54, 1.807) is 0 Å². The summed E-state index contributed by atoms with van der Waals surface area (Å²) in [4.78, 5) is 11.6. The van der Waals surface area contributed by atoms with Gasteiger partial charge in [-0.15, -0.1) is 0 Å². The molecule has 26 heavy (non-hydrogen) atoms. The number of furan rings is 1. The average molecular weight is 350 g/mol. The Hall–Kier alpha value is -2.55. The summed E-state index contributed by atoms with van der Waals surface area (Å²) >= 11 is 0. The van der Waals surface area contributed by atoms with E-state index in [1.165, 1.54) is 5.56 Å². The zero-order chi connectivity index (χ0) is 18.2. The normalized spacial score (nSPS) is 11.0. The molecule has 0 saturated carbocycles. The van der Waals surface area contributed by atoms with Crippen LogP contribution in [0.1, 0.15) is 43.1 Å². The minimum Gasteiger partial charge on any atom is -0.466 e. The summed E-state index contributed by atoms with van der Waals surface area (Å²) < 4.78 is 11.0. The van der Waals surface area contributed by atoms with Crippen molar-refractivity contribution in [1.29, 1.82) is 0 Å². The molecule has 0 bridgehead atoms.